The lowest BCUT2D eigenvalue weighted by molar-refractivity contribution is -0.136. The minimum atomic E-state index is -0.491. The highest BCUT2D eigenvalue weighted by Crippen LogP contribution is 2.26. The second-order valence-electron chi connectivity index (χ2n) is 4.99. The molecule has 0 saturated carbocycles. The second-order valence-corrected chi connectivity index (χ2v) is 4.99. The number of nitrogens with zero attached hydrogens (tertiary/aromatic N) is 3. The maximum absolute atomic E-state index is 12.0. The highest BCUT2D eigenvalue weighted by molar-refractivity contribution is 6.03. The smallest absolute Gasteiger partial charge is 0.325 e. The van der Waals surface area contributed by atoms with E-state index in [1.54, 1.807) is 17.3 Å². The van der Waals surface area contributed by atoms with Crippen LogP contribution in [-0.4, -0.2) is 58.8 Å². The number of carbonyl (C=O) groups is 3. The second kappa shape index (κ2) is 4.92. The van der Waals surface area contributed by atoms with Gasteiger partial charge in [0, 0.05) is 31.4 Å². The summed E-state index contributed by atoms with van der Waals surface area (Å²) in [6, 6.07) is 3.40. The molecule has 1 aromatic heterocycles. The van der Waals surface area contributed by atoms with Gasteiger partial charge in [0.15, 0.2) is 0 Å². The predicted octanol–water partition coefficient (Wildman–Crippen LogP) is -0.441. The first-order valence-corrected chi connectivity index (χ1v) is 6.40. The van der Waals surface area contributed by atoms with Crippen molar-refractivity contribution in [2.45, 2.75) is 5.92 Å². The summed E-state index contributed by atoms with van der Waals surface area (Å²) in [5.74, 6) is -0.155. The van der Waals surface area contributed by atoms with E-state index >= 15 is 0 Å². The number of rotatable bonds is 3. The number of imide groups is 1. The molecule has 3 rings (SSSR count). The van der Waals surface area contributed by atoms with Gasteiger partial charge in [-0.25, -0.2) is 4.79 Å². The quantitative estimate of drug-likeness (QED) is 0.757. The van der Waals surface area contributed by atoms with Crippen molar-refractivity contribution in [3.8, 4) is 0 Å². The van der Waals surface area contributed by atoms with Crippen LogP contribution in [-0.2, 0) is 9.59 Å². The van der Waals surface area contributed by atoms with Crippen LogP contribution >= 0.6 is 0 Å². The number of nitrogens with one attached hydrogen (secondary N) is 1. The SMILES string of the molecule is O=C1CN(CC(=O)N2CC(c3ccncc3)C2)C(=O)N1. The van der Waals surface area contributed by atoms with Crippen molar-refractivity contribution in [2.75, 3.05) is 26.2 Å². The first-order valence-electron chi connectivity index (χ1n) is 6.40. The van der Waals surface area contributed by atoms with Gasteiger partial charge in [0.05, 0.1) is 0 Å². The molecule has 2 aliphatic rings. The molecule has 0 atom stereocenters. The number of hydrogen-bond acceptors (Lipinski definition) is 4. The number of amides is 4. The molecule has 4 amide bonds. The van der Waals surface area contributed by atoms with Gasteiger partial charge in [0.1, 0.15) is 13.1 Å². The number of hydrogen-bond donors (Lipinski definition) is 1. The van der Waals surface area contributed by atoms with Crippen molar-refractivity contribution in [1.29, 1.82) is 0 Å². The summed E-state index contributed by atoms with van der Waals surface area (Å²) in [5.41, 5.74) is 1.16. The number of likely N-dealkylation sites (tertiary alicyclic amines) is 1. The molecule has 7 heteroatoms. The van der Waals surface area contributed by atoms with E-state index in [1.165, 1.54) is 4.90 Å². The van der Waals surface area contributed by atoms with Crippen molar-refractivity contribution in [1.82, 2.24) is 20.1 Å². The van der Waals surface area contributed by atoms with E-state index in [9.17, 15) is 14.4 Å². The first kappa shape index (κ1) is 12.6. The molecular weight excluding hydrogens is 260 g/mol. The molecule has 0 radical (unpaired) electrons. The topological polar surface area (TPSA) is 82.6 Å². The average Bonchev–Trinajstić information content (AvgIpc) is 2.67. The van der Waals surface area contributed by atoms with Crippen LogP contribution < -0.4 is 5.32 Å². The fourth-order valence-corrected chi connectivity index (χ4v) is 2.40. The Morgan fingerprint density at radius 1 is 1.30 bits per heavy atom. The Bertz CT molecular complexity index is 554. The summed E-state index contributed by atoms with van der Waals surface area (Å²) in [6.07, 6.45) is 3.47. The van der Waals surface area contributed by atoms with Crippen molar-refractivity contribution in [3.05, 3.63) is 30.1 Å². The lowest BCUT2D eigenvalue weighted by Crippen LogP contribution is -2.52. The molecule has 0 unspecified atom stereocenters. The van der Waals surface area contributed by atoms with Gasteiger partial charge in [-0.2, -0.15) is 0 Å². The Balaban J connectivity index is 1.51. The largest absolute Gasteiger partial charge is 0.340 e. The summed E-state index contributed by atoms with van der Waals surface area (Å²) < 4.78 is 0. The lowest BCUT2D eigenvalue weighted by Gasteiger charge is -2.40. The van der Waals surface area contributed by atoms with Gasteiger partial charge in [-0.15, -0.1) is 0 Å². The highest BCUT2D eigenvalue weighted by atomic mass is 16.2. The lowest BCUT2D eigenvalue weighted by atomic mass is 9.92. The van der Waals surface area contributed by atoms with Gasteiger partial charge in [-0.1, -0.05) is 0 Å². The molecule has 3 heterocycles. The van der Waals surface area contributed by atoms with Gasteiger partial charge in [0.25, 0.3) is 0 Å². The zero-order chi connectivity index (χ0) is 14.1. The van der Waals surface area contributed by atoms with Crippen LogP contribution in [0.1, 0.15) is 11.5 Å². The Kier molecular flexibility index (Phi) is 3.09. The monoisotopic (exact) mass is 274 g/mol. The van der Waals surface area contributed by atoms with E-state index in [4.69, 9.17) is 0 Å². The summed E-state index contributed by atoms with van der Waals surface area (Å²) in [7, 11) is 0. The van der Waals surface area contributed by atoms with Crippen LogP contribution in [0.2, 0.25) is 0 Å². The van der Waals surface area contributed by atoms with Crippen LogP contribution in [0.3, 0.4) is 0 Å². The maximum Gasteiger partial charge on any atom is 0.325 e. The zero-order valence-corrected chi connectivity index (χ0v) is 10.8. The molecule has 0 spiro atoms. The van der Waals surface area contributed by atoms with Gasteiger partial charge >= 0.3 is 6.03 Å². The van der Waals surface area contributed by atoms with Crippen molar-refractivity contribution in [2.24, 2.45) is 0 Å². The Labute approximate surface area is 115 Å². The van der Waals surface area contributed by atoms with E-state index in [-0.39, 0.29) is 24.9 Å². The standard InChI is InChI=1S/C13H14N4O3/c18-11-7-17(13(20)15-11)8-12(19)16-5-10(6-16)9-1-3-14-4-2-9/h1-4,10H,5-8H2,(H,15,18,20). The van der Waals surface area contributed by atoms with Gasteiger partial charge < -0.3 is 9.80 Å². The number of urea groups is 1. The van der Waals surface area contributed by atoms with Crippen molar-refractivity contribution < 1.29 is 14.4 Å². The molecule has 104 valence electrons. The van der Waals surface area contributed by atoms with Gasteiger partial charge in [-0.3, -0.25) is 19.9 Å². The van der Waals surface area contributed by atoms with E-state index in [2.05, 4.69) is 10.3 Å². The molecule has 0 aliphatic carbocycles. The molecule has 0 bridgehead atoms. The Morgan fingerprint density at radius 3 is 2.60 bits per heavy atom. The molecule has 1 aromatic rings. The third-order valence-electron chi connectivity index (χ3n) is 3.61. The molecule has 2 aliphatic heterocycles. The predicted molar refractivity (Wildman–Crippen MR) is 68.7 cm³/mol. The summed E-state index contributed by atoms with van der Waals surface area (Å²) >= 11 is 0. The van der Waals surface area contributed by atoms with Crippen LogP contribution in [0.5, 0.6) is 0 Å². The van der Waals surface area contributed by atoms with Crippen molar-refractivity contribution in [3.63, 3.8) is 0 Å². The fourth-order valence-electron chi connectivity index (χ4n) is 2.40. The summed E-state index contributed by atoms with van der Waals surface area (Å²) in [6.45, 7) is 1.21. The fraction of sp³-hybridized carbons (Fsp3) is 0.385. The number of pyridine rings is 1. The molecule has 2 fully saturated rings. The maximum atomic E-state index is 12.0. The zero-order valence-electron chi connectivity index (χ0n) is 10.8. The van der Waals surface area contributed by atoms with Crippen LogP contribution in [0.25, 0.3) is 0 Å². The average molecular weight is 274 g/mol. The Morgan fingerprint density at radius 2 is 2.00 bits per heavy atom. The molecule has 7 nitrogen and oxygen atoms in total. The first-order chi connectivity index (χ1) is 9.63. The van der Waals surface area contributed by atoms with Gasteiger partial charge in [-0.05, 0) is 17.7 Å². The summed E-state index contributed by atoms with van der Waals surface area (Å²) in [5, 5.41) is 2.15. The molecule has 0 aromatic carbocycles. The minimum Gasteiger partial charge on any atom is -0.340 e. The molecule has 1 N–H and O–H groups in total. The van der Waals surface area contributed by atoms with Gasteiger partial charge in [0.2, 0.25) is 11.8 Å². The summed E-state index contributed by atoms with van der Waals surface area (Å²) in [4.78, 5) is 41.3. The van der Waals surface area contributed by atoms with Crippen molar-refractivity contribution >= 4 is 17.8 Å². The Hall–Kier alpha value is -2.44. The highest BCUT2D eigenvalue weighted by Gasteiger charge is 2.35. The third-order valence-corrected chi connectivity index (χ3v) is 3.61. The van der Waals surface area contributed by atoms with Crippen LogP contribution in [0, 0.1) is 0 Å². The molecule has 20 heavy (non-hydrogen) atoms. The van der Waals surface area contributed by atoms with E-state index < -0.39 is 6.03 Å². The van der Waals surface area contributed by atoms with Crippen LogP contribution in [0.4, 0.5) is 4.79 Å². The number of carbonyl (C=O) groups excluding carboxylic acids is 3. The normalized spacial score (nSPS) is 19.0. The minimum absolute atomic E-state index is 0.0355. The van der Waals surface area contributed by atoms with E-state index in [0.717, 1.165) is 5.56 Å². The van der Waals surface area contributed by atoms with E-state index in [0.29, 0.717) is 19.0 Å². The molecular formula is C13H14N4O3. The van der Waals surface area contributed by atoms with Crippen LogP contribution in [0.15, 0.2) is 24.5 Å². The number of aromatic nitrogens is 1. The van der Waals surface area contributed by atoms with E-state index in [1.807, 2.05) is 12.1 Å². The third kappa shape index (κ3) is 2.34. The molecule has 2 saturated heterocycles.